The first-order valence-corrected chi connectivity index (χ1v) is 11.6. The van der Waals surface area contributed by atoms with Crippen LogP contribution in [0.3, 0.4) is 0 Å². The molecule has 1 aromatic rings. The summed E-state index contributed by atoms with van der Waals surface area (Å²) in [5.74, 6) is -0.233. The minimum absolute atomic E-state index is 0.109. The van der Waals surface area contributed by atoms with Crippen LogP contribution in [0.5, 0.6) is 0 Å². The van der Waals surface area contributed by atoms with Crippen molar-refractivity contribution in [1.29, 1.82) is 0 Å². The number of carbonyl (C=O) groups is 3. The normalized spacial score (nSPS) is 19.4. The van der Waals surface area contributed by atoms with Crippen molar-refractivity contribution in [2.24, 2.45) is 0 Å². The number of carbonyl (C=O) groups excluding carboxylic acids is 3. The van der Waals surface area contributed by atoms with Gasteiger partial charge in [0.15, 0.2) is 0 Å². The fourth-order valence-corrected chi connectivity index (χ4v) is 4.59. The molecule has 9 heteroatoms. The monoisotopic (exact) mass is 448 g/mol. The Bertz CT molecular complexity index is 803. The summed E-state index contributed by atoms with van der Waals surface area (Å²) < 4.78 is 5.42. The molecule has 0 saturated carbocycles. The van der Waals surface area contributed by atoms with Gasteiger partial charge in [-0.15, -0.1) is 11.8 Å². The molecule has 3 rings (SSSR count). The van der Waals surface area contributed by atoms with Crippen molar-refractivity contribution in [3.8, 4) is 0 Å². The topological polar surface area (TPSA) is 91.0 Å². The third kappa shape index (κ3) is 7.14. The predicted molar refractivity (Wildman–Crippen MR) is 121 cm³/mol. The molecule has 1 atom stereocenters. The van der Waals surface area contributed by atoms with Gasteiger partial charge in [0.05, 0.1) is 10.9 Å². The van der Waals surface area contributed by atoms with Crippen LogP contribution in [0.4, 0.5) is 10.5 Å². The van der Waals surface area contributed by atoms with Gasteiger partial charge in [-0.1, -0.05) is 12.1 Å². The minimum Gasteiger partial charge on any atom is -0.444 e. The smallest absolute Gasteiger partial charge is 0.410 e. The summed E-state index contributed by atoms with van der Waals surface area (Å²) in [7, 11) is 0. The van der Waals surface area contributed by atoms with Gasteiger partial charge in [0.1, 0.15) is 5.60 Å². The molecule has 0 bridgehead atoms. The molecule has 1 fully saturated rings. The zero-order chi connectivity index (χ0) is 22.4. The number of piperazine rings is 1. The lowest BCUT2D eigenvalue weighted by Crippen LogP contribution is -2.50. The number of nitrogens with zero attached hydrogens (tertiary/aromatic N) is 2. The summed E-state index contributed by atoms with van der Waals surface area (Å²) >= 11 is 1.44. The molecule has 31 heavy (non-hydrogen) atoms. The number of hydrogen-bond donors (Lipinski definition) is 2. The van der Waals surface area contributed by atoms with Crippen molar-refractivity contribution in [3.63, 3.8) is 0 Å². The van der Waals surface area contributed by atoms with Gasteiger partial charge in [0, 0.05) is 44.0 Å². The van der Waals surface area contributed by atoms with Crippen LogP contribution < -0.4 is 10.6 Å². The second kappa shape index (κ2) is 10.4. The van der Waals surface area contributed by atoms with Crippen LogP contribution >= 0.6 is 11.8 Å². The van der Waals surface area contributed by atoms with E-state index in [-0.39, 0.29) is 24.3 Å². The van der Waals surface area contributed by atoms with Gasteiger partial charge < -0.3 is 20.3 Å². The van der Waals surface area contributed by atoms with E-state index >= 15 is 0 Å². The van der Waals surface area contributed by atoms with Gasteiger partial charge in [-0.2, -0.15) is 0 Å². The molecular weight excluding hydrogens is 416 g/mol. The zero-order valence-corrected chi connectivity index (χ0v) is 19.3. The number of thioether (sulfide) groups is 1. The summed E-state index contributed by atoms with van der Waals surface area (Å²) in [6.45, 7) is 9.93. The molecule has 3 amide bonds. The van der Waals surface area contributed by atoms with E-state index in [2.05, 4.69) is 15.5 Å². The maximum Gasteiger partial charge on any atom is 0.410 e. The van der Waals surface area contributed by atoms with E-state index in [1.54, 1.807) is 4.90 Å². The fourth-order valence-electron chi connectivity index (χ4n) is 3.48. The number of anilines is 1. The number of benzene rings is 1. The average Bonchev–Trinajstić information content (AvgIpc) is 2.71. The number of amides is 3. The van der Waals surface area contributed by atoms with Crippen LogP contribution in [0, 0.1) is 0 Å². The largest absolute Gasteiger partial charge is 0.444 e. The van der Waals surface area contributed by atoms with E-state index in [0.29, 0.717) is 19.6 Å². The van der Waals surface area contributed by atoms with Gasteiger partial charge in [-0.3, -0.25) is 14.5 Å². The van der Waals surface area contributed by atoms with Crippen LogP contribution in [0.2, 0.25) is 0 Å². The second-order valence-electron chi connectivity index (χ2n) is 8.81. The van der Waals surface area contributed by atoms with Gasteiger partial charge >= 0.3 is 6.09 Å². The van der Waals surface area contributed by atoms with Crippen molar-refractivity contribution < 1.29 is 19.1 Å². The van der Waals surface area contributed by atoms with E-state index in [1.165, 1.54) is 11.8 Å². The standard InChI is InChI=1S/C22H32N4O4S/c1-22(2,3)30-21(29)26-13-11-25(12-14-26)10-6-9-23-19(27)15-18-20(28)24-16-7-4-5-8-17(16)31-18/h4-5,7-8,18H,6,9-15H2,1-3H3,(H,23,27)(H,24,28). The maximum atomic E-state index is 12.3. The van der Waals surface area contributed by atoms with Crippen molar-refractivity contribution in [2.75, 3.05) is 44.6 Å². The molecule has 0 spiro atoms. The first kappa shape index (κ1) is 23.4. The molecule has 1 unspecified atom stereocenters. The molecule has 1 aromatic carbocycles. The number of hydrogen-bond acceptors (Lipinski definition) is 6. The molecule has 0 radical (unpaired) electrons. The highest BCUT2D eigenvalue weighted by atomic mass is 32.2. The zero-order valence-electron chi connectivity index (χ0n) is 18.5. The third-order valence-electron chi connectivity index (χ3n) is 5.07. The highest BCUT2D eigenvalue weighted by Crippen LogP contribution is 2.36. The molecule has 2 N–H and O–H groups in total. The lowest BCUT2D eigenvalue weighted by molar-refractivity contribution is -0.124. The number of ether oxygens (including phenoxy) is 1. The summed E-state index contributed by atoms with van der Waals surface area (Å²) in [4.78, 5) is 41.6. The second-order valence-corrected chi connectivity index (χ2v) is 10.1. The quantitative estimate of drug-likeness (QED) is 0.650. The Balaban J connectivity index is 1.31. The lowest BCUT2D eigenvalue weighted by Gasteiger charge is -2.35. The minimum atomic E-state index is -0.480. The molecule has 170 valence electrons. The van der Waals surface area contributed by atoms with E-state index in [9.17, 15) is 14.4 Å². The van der Waals surface area contributed by atoms with Gasteiger partial charge in [0.2, 0.25) is 11.8 Å². The Morgan fingerprint density at radius 1 is 1.19 bits per heavy atom. The van der Waals surface area contributed by atoms with Crippen LogP contribution in [0.1, 0.15) is 33.6 Å². The molecule has 2 aliphatic rings. The van der Waals surface area contributed by atoms with E-state index < -0.39 is 10.9 Å². The Morgan fingerprint density at radius 3 is 2.61 bits per heavy atom. The molecular formula is C22H32N4O4S. The molecule has 2 heterocycles. The van der Waals surface area contributed by atoms with Gasteiger partial charge in [-0.25, -0.2) is 4.79 Å². The van der Waals surface area contributed by atoms with Crippen LogP contribution in [-0.4, -0.2) is 77.8 Å². The van der Waals surface area contributed by atoms with E-state index in [0.717, 1.165) is 36.6 Å². The maximum absolute atomic E-state index is 12.3. The van der Waals surface area contributed by atoms with Crippen molar-refractivity contribution in [1.82, 2.24) is 15.1 Å². The van der Waals surface area contributed by atoms with E-state index in [1.807, 2.05) is 45.0 Å². The van der Waals surface area contributed by atoms with Crippen LogP contribution in [-0.2, 0) is 14.3 Å². The van der Waals surface area contributed by atoms with Crippen LogP contribution in [0.25, 0.3) is 0 Å². The molecule has 2 aliphatic heterocycles. The SMILES string of the molecule is CC(C)(C)OC(=O)N1CCN(CCCNC(=O)CC2Sc3ccccc3NC2=O)CC1. The van der Waals surface area contributed by atoms with Crippen molar-refractivity contribution in [2.45, 2.75) is 49.4 Å². The van der Waals surface area contributed by atoms with Crippen LogP contribution in [0.15, 0.2) is 29.2 Å². The number of fused-ring (bicyclic) bond motifs is 1. The number of nitrogens with one attached hydrogen (secondary N) is 2. The highest BCUT2D eigenvalue weighted by Gasteiger charge is 2.29. The molecule has 1 saturated heterocycles. The van der Waals surface area contributed by atoms with E-state index in [4.69, 9.17) is 4.74 Å². The number of para-hydroxylation sites is 1. The summed E-state index contributed by atoms with van der Waals surface area (Å²) in [5, 5.41) is 5.38. The molecule has 8 nitrogen and oxygen atoms in total. The predicted octanol–water partition coefficient (Wildman–Crippen LogP) is 2.55. The average molecular weight is 449 g/mol. The van der Waals surface area contributed by atoms with Crippen molar-refractivity contribution >= 4 is 35.4 Å². The Kier molecular flexibility index (Phi) is 7.83. The van der Waals surface area contributed by atoms with Crippen molar-refractivity contribution in [3.05, 3.63) is 24.3 Å². The first-order chi connectivity index (χ1) is 14.7. The summed E-state index contributed by atoms with van der Waals surface area (Å²) in [6, 6.07) is 7.62. The Labute approximate surface area is 188 Å². The molecule has 0 aromatic heterocycles. The fraction of sp³-hybridized carbons (Fsp3) is 0.591. The Hall–Kier alpha value is -2.26. The summed E-state index contributed by atoms with van der Waals surface area (Å²) in [5.41, 5.74) is 0.327. The lowest BCUT2D eigenvalue weighted by atomic mass is 10.2. The highest BCUT2D eigenvalue weighted by molar-refractivity contribution is 8.01. The summed E-state index contributed by atoms with van der Waals surface area (Å²) in [6.07, 6.45) is 0.733. The Morgan fingerprint density at radius 2 is 1.90 bits per heavy atom. The first-order valence-electron chi connectivity index (χ1n) is 10.7. The third-order valence-corrected chi connectivity index (χ3v) is 6.35. The molecule has 0 aliphatic carbocycles. The van der Waals surface area contributed by atoms with Gasteiger partial charge in [0.25, 0.3) is 0 Å². The number of rotatable bonds is 6. The van der Waals surface area contributed by atoms with Gasteiger partial charge in [-0.05, 0) is 45.9 Å².